The lowest BCUT2D eigenvalue weighted by atomic mass is 9.97. The summed E-state index contributed by atoms with van der Waals surface area (Å²) in [5.74, 6) is 1.65. The average Bonchev–Trinajstić information content (AvgIpc) is 2.39. The van der Waals surface area contributed by atoms with Crippen molar-refractivity contribution in [2.45, 2.75) is 25.7 Å². The summed E-state index contributed by atoms with van der Waals surface area (Å²) >= 11 is 0. The van der Waals surface area contributed by atoms with Crippen molar-refractivity contribution in [1.29, 1.82) is 0 Å². The lowest BCUT2D eigenvalue weighted by Crippen LogP contribution is -1.99. The second-order valence-electron chi connectivity index (χ2n) is 3.64. The molecule has 0 aromatic rings. The fourth-order valence-corrected chi connectivity index (χ4v) is 2.49. The van der Waals surface area contributed by atoms with E-state index in [4.69, 9.17) is 0 Å². The third-order valence-electron chi connectivity index (χ3n) is 3.02. The quantitative estimate of drug-likeness (QED) is 0.447. The van der Waals surface area contributed by atoms with Crippen molar-refractivity contribution >= 4 is 0 Å². The monoisotopic (exact) mass is 134 g/mol. The Morgan fingerprint density at radius 2 is 1.50 bits per heavy atom. The summed E-state index contributed by atoms with van der Waals surface area (Å²) in [7, 11) is 0. The molecular formula is C10H14. The third-order valence-corrected chi connectivity index (χ3v) is 3.02. The summed E-state index contributed by atoms with van der Waals surface area (Å²) in [6.45, 7) is 8.17. The number of allylic oxidation sites excluding steroid dienone is 2. The Balaban J connectivity index is 2.27. The van der Waals surface area contributed by atoms with E-state index in [1.54, 1.807) is 0 Å². The van der Waals surface area contributed by atoms with Crippen LogP contribution >= 0.6 is 0 Å². The van der Waals surface area contributed by atoms with Crippen LogP contribution < -0.4 is 0 Å². The molecule has 0 spiro atoms. The van der Waals surface area contributed by atoms with E-state index in [1.807, 2.05) is 0 Å². The molecule has 2 atom stereocenters. The van der Waals surface area contributed by atoms with Gasteiger partial charge in [0, 0.05) is 0 Å². The van der Waals surface area contributed by atoms with Crippen molar-refractivity contribution in [1.82, 2.24) is 0 Å². The summed E-state index contributed by atoms with van der Waals surface area (Å²) in [6, 6.07) is 0. The van der Waals surface area contributed by atoms with E-state index in [2.05, 4.69) is 13.2 Å². The molecule has 0 aromatic carbocycles. The van der Waals surface area contributed by atoms with Gasteiger partial charge in [0.25, 0.3) is 0 Å². The molecule has 0 radical (unpaired) electrons. The van der Waals surface area contributed by atoms with E-state index < -0.39 is 0 Å². The van der Waals surface area contributed by atoms with Gasteiger partial charge in [-0.25, -0.2) is 0 Å². The smallest absolute Gasteiger partial charge is 0.0108 e. The van der Waals surface area contributed by atoms with Crippen LogP contribution in [0.4, 0.5) is 0 Å². The molecule has 0 aromatic heterocycles. The summed E-state index contributed by atoms with van der Waals surface area (Å²) in [6.07, 6.45) is 5.27. The molecular weight excluding hydrogens is 120 g/mol. The standard InChI is InChI=1S/C10H14/c1-7-6-8(2)10-5-3-4-9(7)10/h9-10H,1-6H2. The van der Waals surface area contributed by atoms with Gasteiger partial charge in [-0.2, -0.15) is 0 Å². The number of hydrogen-bond donors (Lipinski definition) is 0. The molecule has 2 aliphatic rings. The molecule has 2 rings (SSSR count). The lowest BCUT2D eigenvalue weighted by Gasteiger charge is -2.08. The number of hydrogen-bond acceptors (Lipinski definition) is 0. The van der Waals surface area contributed by atoms with Crippen molar-refractivity contribution < 1.29 is 0 Å². The van der Waals surface area contributed by atoms with Crippen LogP contribution in [0.2, 0.25) is 0 Å². The van der Waals surface area contributed by atoms with Gasteiger partial charge in [-0.1, -0.05) is 30.7 Å². The highest BCUT2D eigenvalue weighted by atomic mass is 14.4. The Kier molecular flexibility index (Phi) is 1.23. The first kappa shape index (κ1) is 6.21. The molecule has 0 bridgehead atoms. The first-order valence-electron chi connectivity index (χ1n) is 4.14. The van der Waals surface area contributed by atoms with E-state index in [-0.39, 0.29) is 0 Å². The van der Waals surface area contributed by atoms with E-state index in [1.165, 1.54) is 30.4 Å². The van der Waals surface area contributed by atoms with Crippen LogP contribution in [0, 0.1) is 11.8 Å². The summed E-state index contributed by atoms with van der Waals surface area (Å²) in [4.78, 5) is 0. The summed E-state index contributed by atoms with van der Waals surface area (Å²) in [5, 5.41) is 0. The molecule has 2 unspecified atom stereocenters. The second-order valence-corrected chi connectivity index (χ2v) is 3.64. The Morgan fingerprint density at radius 1 is 1.00 bits per heavy atom. The molecule has 2 fully saturated rings. The molecule has 0 saturated heterocycles. The predicted molar refractivity (Wildman–Crippen MR) is 43.7 cm³/mol. The molecule has 0 N–H and O–H groups in total. The van der Waals surface area contributed by atoms with E-state index in [0.717, 1.165) is 18.3 Å². The van der Waals surface area contributed by atoms with Crippen LogP contribution in [0.3, 0.4) is 0 Å². The van der Waals surface area contributed by atoms with Crippen molar-refractivity contribution in [2.75, 3.05) is 0 Å². The van der Waals surface area contributed by atoms with E-state index >= 15 is 0 Å². The SMILES string of the molecule is C=C1CC(=C)C2CCCC12. The molecule has 2 saturated carbocycles. The van der Waals surface area contributed by atoms with Crippen molar-refractivity contribution in [2.24, 2.45) is 11.8 Å². The topological polar surface area (TPSA) is 0 Å². The maximum absolute atomic E-state index is 4.09. The van der Waals surface area contributed by atoms with Crippen LogP contribution in [0.1, 0.15) is 25.7 Å². The first-order chi connectivity index (χ1) is 4.79. The molecule has 0 amide bonds. The van der Waals surface area contributed by atoms with Gasteiger partial charge in [0.1, 0.15) is 0 Å². The molecule has 54 valence electrons. The minimum atomic E-state index is 0.826. The molecule has 0 nitrogen and oxygen atoms in total. The van der Waals surface area contributed by atoms with Crippen LogP contribution in [-0.4, -0.2) is 0 Å². The van der Waals surface area contributed by atoms with E-state index in [0.29, 0.717) is 0 Å². The maximum atomic E-state index is 4.09. The van der Waals surface area contributed by atoms with Gasteiger partial charge < -0.3 is 0 Å². The minimum Gasteiger partial charge on any atom is -0.0992 e. The predicted octanol–water partition coefficient (Wildman–Crippen LogP) is 2.92. The van der Waals surface area contributed by atoms with Gasteiger partial charge in [-0.15, -0.1) is 0 Å². The summed E-state index contributed by atoms with van der Waals surface area (Å²) in [5.41, 5.74) is 2.90. The summed E-state index contributed by atoms with van der Waals surface area (Å²) < 4.78 is 0. The minimum absolute atomic E-state index is 0.826. The van der Waals surface area contributed by atoms with Gasteiger partial charge in [-0.05, 0) is 31.1 Å². The first-order valence-corrected chi connectivity index (χ1v) is 4.14. The van der Waals surface area contributed by atoms with Gasteiger partial charge in [0.15, 0.2) is 0 Å². The highest BCUT2D eigenvalue weighted by Crippen LogP contribution is 2.48. The van der Waals surface area contributed by atoms with Gasteiger partial charge in [0.2, 0.25) is 0 Å². The Bertz CT molecular complexity index is 168. The van der Waals surface area contributed by atoms with Crippen LogP contribution in [0.15, 0.2) is 24.3 Å². The Morgan fingerprint density at radius 3 is 2.00 bits per heavy atom. The zero-order valence-electron chi connectivity index (χ0n) is 6.40. The van der Waals surface area contributed by atoms with Crippen LogP contribution in [-0.2, 0) is 0 Å². The average molecular weight is 134 g/mol. The molecule has 2 aliphatic carbocycles. The zero-order chi connectivity index (χ0) is 7.14. The molecule has 0 heterocycles. The largest absolute Gasteiger partial charge is 0.0992 e. The number of rotatable bonds is 0. The highest BCUT2D eigenvalue weighted by Gasteiger charge is 2.36. The highest BCUT2D eigenvalue weighted by molar-refractivity contribution is 5.27. The van der Waals surface area contributed by atoms with Crippen LogP contribution in [0.25, 0.3) is 0 Å². The lowest BCUT2D eigenvalue weighted by molar-refractivity contribution is 0.560. The van der Waals surface area contributed by atoms with Gasteiger partial charge >= 0.3 is 0 Å². The van der Waals surface area contributed by atoms with Crippen molar-refractivity contribution in [3.05, 3.63) is 24.3 Å². The zero-order valence-corrected chi connectivity index (χ0v) is 6.40. The molecule has 0 aliphatic heterocycles. The maximum Gasteiger partial charge on any atom is -0.0108 e. The second kappa shape index (κ2) is 1.98. The Labute approximate surface area is 62.6 Å². The fourth-order valence-electron chi connectivity index (χ4n) is 2.49. The third kappa shape index (κ3) is 0.681. The molecule has 10 heavy (non-hydrogen) atoms. The molecule has 0 heteroatoms. The van der Waals surface area contributed by atoms with E-state index in [9.17, 15) is 0 Å². The Hall–Kier alpha value is -0.520. The number of fused-ring (bicyclic) bond motifs is 1. The van der Waals surface area contributed by atoms with Gasteiger partial charge in [0.05, 0.1) is 0 Å². The van der Waals surface area contributed by atoms with Crippen LogP contribution in [0.5, 0.6) is 0 Å². The van der Waals surface area contributed by atoms with Crippen molar-refractivity contribution in [3.8, 4) is 0 Å². The fraction of sp³-hybridized carbons (Fsp3) is 0.600. The van der Waals surface area contributed by atoms with Crippen molar-refractivity contribution in [3.63, 3.8) is 0 Å². The van der Waals surface area contributed by atoms with Gasteiger partial charge in [-0.3, -0.25) is 0 Å². The normalized spacial score (nSPS) is 38.8.